The van der Waals surface area contributed by atoms with Gasteiger partial charge in [-0.1, -0.05) is 36.4 Å². The van der Waals surface area contributed by atoms with Gasteiger partial charge < -0.3 is 19.5 Å². The zero-order valence-corrected chi connectivity index (χ0v) is 17.0. The Morgan fingerprint density at radius 2 is 2.00 bits per heavy atom. The molecule has 2 atom stereocenters. The van der Waals surface area contributed by atoms with Crippen molar-refractivity contribution in [3.63, 3.8) is 0 Å². The Hall–Kier alpha value is -2.53. The fraction of sp³-hybridized carbons (Fsp3) is 0.458. The Morgan fingerprint density at radius 3 is 2.83 bits per heavy atom. The number of fused-ring (bicyclic) bond motifs is 1. The predicted molar refractivity (Wildman–Crippen MR) is 111 cm³/mol. The highest BCUT2D eigenvalue weighted by Gasteiger charge is 2.25. The summed E-state index contributed by atoms with van der Waals surface area (Å²) >= 11 is 0. The lowest BCUT2D eigenvalue weighted by Gasteiger charge is -2.14. The summed E-state index contributed by atoms with van der Waals surface area (Å²) in [5.41, 5.74) is 3.59. The molecule has 1 aliphatic heterocycles. The summed E-state index contributed by atoms with van der Waals surface area (Å²) in [6.07, 6.45) is 4.84. The molecule has 2 aromatic carbocycles. The Bertz CT molecular complexity index is 833. The van der Waals surface area contributed by atoms with Crippen LogP contribution in [-0.4, -0.2) is 32.0 Å². The van der Waals surface area contributed by atoms with Crippen molar-refractivity contribution >= 4 is 5.97 Å². The van der Waals surface area contributed by atoms with Gasteiger partial charge in [0.25, 0.3) is 0 Å². The van der Waals surface area contributed by atoms with Gasteiger partial charge in [-0.3, -0.25) is 4.79 Å². The quantitative estimate of drug-likeness (QED) is 0.685. The molecule has 2 aliphatic rings. The van der Waals surface area contributed by atoms with E-state index in [1.807, 2.05) is 19.1 Å². The number of carbonyl (C=O) groups excluding carboxylic acids is 1. The van der Waals surface area contributed by atoms with Crippen LogP contribution in [0.3, 0.4) is 0 Å². The number of hydrogen-bond donors (Lipinski definition) is 1. The Morgan fingerprint density at radius 1 is 1.14 bits per heavy atom. The first-order chi connectivity index (χ1) is 14.2. The zero-order valence-electron chi connectivity index (χ0n) is 17.0. The van der Waals surface area contributed by atoms with E-state index in [0.717, 1.165) is 36.4 Å². The summed E-state index contributed by atoms with van der Waals surface area (Å²) in [7, 11) is 0. The van der Waals surface area contributed by atoms with Crippen molar-refractivity contribution in [3.8, 4) is 11.5 Å². The molecule has 0 spiro atoms. The first kappa shape index (κ1) is 19.8. The SMILES string of the molecule is CCOC(=O)Cc1ccc([C@@H]2CC[C@H](NCCc3cccc4c3OCO4)C2)cc1. The van der Waals surface area contributed by atoms with E-state index in [-0.39, 0.29) is 5.97 Å². The minimum atomic E-state index is -0.161. The molecule has 0 radical (unpaired) electrons. The van der Waals surface area contributed by atoms with Crippen LogP contribution in [0.5, 0.6) is 11.5 Å². The number of hydrogen-bond acceptors (Lipinski definition) is 5. The van der Waals surface area contributed by atoms with Crippen LogP contribution in [0.15, 0.2) is 42.5 Å². The highest BCUT2D eigenvalue weighted by Crippen LogP contribution is 2.36. The molecule has 1 N–H and O–H groups in total. The van der Waals surface area contributed by atoms with Gasteiger partial charge in [0.15, 0.2) is 11.5 Å². The van der Waals surface area contributed by atoms with Crippen LogP contribution in [0.25, 0.3) is 0 Å². The van der Waals surface area contributed by atoms with Gasteiger partial charge in [0.1, 0.15) is 0 Å². The van der Waals surface area contributed by atoms with Gasteiger partial charge >= 0.3 is 5.97 Å². The molecule has 0 aromatic heterocycles. The van der Waals surface area contributed by atoms with E-state index in [0.29, 0.717) is 31.8 Å². The summed E-state index contributed by atoms with van der Waals surface area (Å²) in [6.45, 7) is 3.53. The Kier molecular flexibility index (Phi) is 6.35. The van der Waals surface area contributed by atoms with Crippen molar-refractivity contribution in [1.82, 2.24) is 5.32 Å². The first-order valence-corrected chi connectivity index (χ1v) is 10.6. The second kappa shape index (κ2) is 9.31. The van der Waals surface area contributed by atoms with Gasteiger partial charge in [0, 0.05) is 6.04 Å². The number of para-hydroxylation sites is 1. The van der Waals surface area contributed by atoms with Crippen molar-refractivity contribution < 1.29 is 19.0 Å². The Labute approximate surface area is 172 Å². The van der Waals surface area contributed by atoms with Gasteiger partial charge in [-0.15, -0.1) is 0 Å². The van der Waals surface area contributed by atoms with Gasteiger partial charge in [-0.05, 0) is 67.8 Å². The average molecular weight is 395 g/mol. The van der Waals surface area contributed by atoms with Crippen LogP contribution in [0.4, 0.5) is 0 Å². The first-order valence-electron chi connectivity index (χ1n) is 10.6. The third kappa shape index (κ3) is 4.91. The molecule has 0 amide bonds. The van der Waals surface area contributed by atoms with Crippen LogP contribution in [0.1, 0.15) is 48.8 Å². The van der Waals surface area contributed by atoms with Crippen molar-refractivity contribution in [2.24, 2.45) is 0 Å². The number of ether oxygens (including phenoxy) is 3. The van der Waals surface area contributed by atoms with Crippen molar-refractivity contribution in [3.05, 3.63) is 59.2 Å². The summed E-state index contributed by atoms with van der Waals surface area (Å²) in [5.74, 6) is 2.18. The normalized spacial score (nSPS) is 20.0. The molecule has 0 unspecified atom stereocenters. The van der Waals surface area contributed by atoms with Crippen molar-refractivity contribution in [2.75, 3.05) is 19.9 Å². The fourth-order valence-electron chi connectivity index (χ4n) is 4.35. The lowest BCUT2D eigenvalue weighted by atomic mass is 9.96. The molecule has 2 aromatic rings. The monoisotopic (exact) mass is 395 g/mol. The van der Waals surface area contributed by atoms with Gasteiger partial charge in [0.05, 0.1) is 13.0 Å². The van der Waals surface area contributed by atoms with Crippen molar-refractivity contribution in [2.45, 2.75) is 51.0 Å². The third-order valence-electron chi connectivity index (χ3n) is 5.84. The lowest BCUT2D eigenvalue weighted by molar-refractivity contribution is -0.142. The molecule has 29 heavy (non-hydrogen) atoms. The second-order valence-electron chi connectivity index (χ2n) is 7.79. The van der Waals surface area contributed by atoms with E-state index in [9.17, 15) is 4.79 Å². The number of benzene rings is 2. The van der Waals surface area contributed by atoms with Crippen LogP contribution >= 0.6 is 0 Å². The molecule has 0 bridgehead atoms. The maximum absolute atomic E-state index is 11.6. The molecule has 4 rings (SSSR count). The van der Waals surface area contributed by atoms with Gasteiger partial charge in [-0.25, -0.2) is 0 Å². The van der Waals surface area contributed by atoms with E-state index in [1.54, 1.807) is 0 Å². The second-order valence-corrected chi connectivity index (χ2v) is 7.79. The predicted octanol–water partition coefficient (Wildman–Crippen LogP) is 3.99. The molecule has 1 heterocycles. The molecule has 5 heteroatoms. The maximum Gasteiger partial charge on any atom is 0.310 e. The zero-order chi connectivity index (χ0) is 20.1. The highest BCUT2D eigenvalue weighted by atomic mass is 16.7. The maximum atomic E-state index is 11.6. The summed E-state index contributed by atoms with van der Waals surface area (Å²) in [4.78, 5) is 11.6. The minimum absolute atomic E-state index is 0.161. The number of carbonyl (C=O) groups is 1. The van der Waals surface area contributed by atoms with E-state index >= 15 is 0 Å². The van der Waals surface area contributed by atoms with E-state index in [4.69, 9.17) is 14.2 Å². The van der Waals surface area contributed by atoms with Crippen LogP contribution in [0, 0.1) is 0 Å². The molecule has 1 saturated carbocycles. The minimum Gasteiger partial charge on any atom is -0.466 e. The third-order valence-corrected chi connectivity index (χ3v) is 5.84. The Balaban J connectivity index is 1.24. The number of nitrogens with one attached hydrogen (secondary N) is 1. The number of esters is 1. The van der Waals surface area contributed by atoms with Gasteiger partial charge in [-0.2, -0.15) is 0 Å². The van der Waals surface area contributed by atoms with E-state index < -0.39 is 0 Å². The standard InChI is InChI=1S/C24H29NO4/c1-2-27-23(26)14-17-6-8-18(9-7-17)20-10-11-21(15-20)25-13-12-19-4-3-5-22-24(19)29-16-28-22/h3-9,20-21,25H,2,10-16H2,1H3/t20-,21+/m1/s1. The molecule has 5 nitrogen and oxygen atoms in total. The molecule has 0 saturated heterocycles. The van der Waals surface area contributed by atoms with Gasteiger partial charge in [0.2, 0.25) is 6.79 Å². The number of rotatable bonds is 8. The largest absolute Gasteiger partial charge is 0.466 e. The highest BCUT2D eigenvalue weighted by molar-refractivity contribution is 5.72. The summed E-state index contributed by atoms with van der Waals surface area (Å²) in [6, 6.07) is 15.1. The van der Waals surface area contributed by atoms with E-state index in [2.05, 4.69) is 35.6 Å². The van der Waals surface area contributed by atoms with E-state index in [1.165, 1.54) is 24.0 Å². The molecule has 1 fully saturated rings. The average Bonchev–Trinajstić information content (AvgIpc) is 3.39. The molecule has 1 aliphatic carbocycles. The van der Waals surface area contributed by atoms with Crippen LogP contribution < -0.4 is 14.8 Å². The molecule has 154 valence electrons. The lowest BCUT2D eigenvalue weighted by Crippen LogP contribution is -2.28. The van der Waals surface area contributed by atoms with Crippen LogP contribution in [0.2, 0.25) is 0 Å². The fourth-order valence-corrected chi connectivity index (χ4v) is 4.35. The molecular formula is C24H29NO4. The summed E-state index contributed by atoms with van der Waals surface area (Å²) < 4.78 is 16.1. The topological polar surface area (TPSA) is 56.8 Å². The van der Waals surface area contributed by atoms with Crippen LogP contribution in [-0.2, 0) is 22.4 Å². The smallest absolute Gasteiger partial charge is 0.310 e. The van der Waals surface area contributed by atoms with Crippen molar-refractivity contribution in [1.29, 1.82) is 0 Å². The summed E-state index contributed by atoms with van der Waals surface area (Å²) in [5, 5.41) is 3.71. The molecular weight excluding hydrogens is 366 g/mol.